The molecule has 6 heteroatoms. The van der Waals surface area contributed by atoms with Crippen molar-refractivity contribution >= 4 is 23.1 Å². The highest BCUT2D eigenvalue weighted by atomic mass is 32.1. The highest BCUT2D eigenvalue weighted by molar-refractivity contribution is 7.80. The Hall–Kier alpha value is -1.43. The molecule has 0 saturated carbocycles. The monoisotopic (exact) mass is 239 g/mol. The van der Waals surface area contributed by atoms with Crippen molar-refractivity contribution in [3.8, 4) is 0 Å². The van der Waals surface area contributed by atoms with E-state index in [4.69, 9.17) is 22.5 Å². The molecule has 1 amide bonds. The second kappa shape index (κ2) is 4.21. The van der Waals surface area contributed by atoms with Gasteiger partial charge in [-0.2, -0.15) is 0 Å². The summed E-state index contributed by atoms with van der Waals surface area (Å²) in [6.45, 7) is 2.42. The van der Waals surface area contributed by atoms with E-state index in [1.807, 2.05) is 0 Å². The van der Waals surface area contributed by atoms with Gasteiger partial charge in [0.25, 0.3) is 5.91 Å². The van der Waals surface area contributed by atoms with Crippen molar-refractivity contribution in [3.63, 3.8) is 0 Å². The standard InChI is InChI=1S/C10H13N3O2S/c1-6-5-7(12-15-6)10(14)13-4-2-3-8(13)9(11)16/h5,8H,2-4H2,1H3,(H2,11,16). The number of amides is 1. The van der Waals surface area contributed by atoms with Crippen LogP contribution in [-0.2, 0) is 0 Å². The smallest absolute Gasteiger partial charge is 0.276 e. The normalized spacial score (nSPS) is 20.1. The van der Waals surface area contributed by atoms with E-state index >= 15 is 0 Å². The van der Waals surface area contributed by atoms with E-state index in [-0.39, 0.29) is 11.9 Å². The molecule has 0 spiro atoms. The van der Waals surface area contributed by atoms with Crippen LogP contribution in [0.3, 0.4) is 0 Å². The number of aryl methyl sites for hydroxylation is 1. The quantitative estimate of drug-likeness (QED) is 0.775. The summed E-state index contributed by atoms with van der Waals surface area (Å²) >= 11 is 4.95. The second-order valence-corrected chi connectivity index (χ2v) is 4.35. The molecule has 2 heterocycles. The molecule has 0 bridgehead atoms. The molecule has 0 radical (unpaired) electrons. The van der Waals surface area contributed by atoms with Crippen molar-refractivity contribution in [2.24, 2.45) is 5.73 Å². The lowest BCUT2D eigenvalue weighted by Gasteiger charge is -2.22. The molecular weight excluding hydrogens is 226 g/mol. The Morgan fingerprint density at radius 1 is 1.75 bits per heavy atom. The number of hydrogen-bond acceptors (Lipinski definition) is 4. The molecule has 0 aromatic carbocycles. The first-order valence-corrected chi connectivity index (χ1v) is 5.54. The lowest BCUT2D eigenvalue weighted by Crippen LogP contribution is -2.42. The van der Waals surface area contributed by atoms with E-state index in [2.05, 4.69) is 5.16 Å². The SMILES string of the molecule is Cc1cc(C(=O)N2CCCC2C(N)=S)no1. The van der Waals surface area contributed by atoms with Gasteiger partial charge in [-0.15, -0.1) is 0 Å². The molecular formula is C10H13N3O2S. The van der Waals surface area contributed by atoms with Gasteiger partial charge in [-0.25, -0.2) is 0 Å². The van der Waals surface area contributed by atoms with Gasteiger partial charge in [-0.3, -0.25) is 4.79 Å². The van der Waals surface area contributed by atoms with Crippen molar-refractivity contribution in [1.29, 1.82) is 0 Å². The fourth-order valence-corrected chi connectivity index (χ4v) is 2.17. The molecule has 5 nitrogen and oxygen atoms in total. The zero-order valence-electron chi connectivity index (χ0n) is 8.97. The van der Waals surface area contributed by atoms with Gasteiger partial charge < -0.3 is 15.2 Å². The van der Waals surface area contributed by atoms with E-state index in [0.29, 0.717) is 23.0 Å². The molecule has 1 atom stereocenters. The third kappa shape index (κ3) is 1.92. The van der Waals surface area contributed by atoms with Gasteiger partial charge in [0.05, 0.1) is 11.0 Å². The molecule has 86 valence electrons. The average molecular weight is 239 g/mol. The third-order valence-corrected chi connectivity index (χ3v) is 2.96. The van der Waals surface area contributed by atoms with Crippen LogP contribution in [0.25, 0.3) is 0 Å². The van der Waals surface area contributed by atoms with Crippen LogP contribution in [0.5, 0.6) is 0 Å². The van der Waals surface area contributed by atoms with Crippen molar-refractivity contribution < 1.29 is 9.32 Å². The Morgan fingerprint density at radius 2 is 2.50 bits per heavy atom. The summed E-state index contributed by atoms with van der Waals surface area (Å²) < 4.78 is 4.88. The number of hydrogen-bond donors (Lipinski definition) is 1. The van der Waals surface area contributed by atoms with Crippen LogP contribution in [0.1, 0.15) is 29.1 Å². The Balaban J connectivity index is 2.18. The number of nitrogens with zero attached hydrogens (tertiary/aromatic N) is 2. The van der Waals surface area contributed by atoms with Gasteiger partial charge in [0.15, 0.2) is 5.69 Å². The van der Waals surface area contributed by atoms with Crippen LogP contribution in [0.2, 0.25) is 0 Å². The summed E-state index contributed by atoms with van der Waals surface area (Å²) in [4.78, 5) is 14.1. The lowest BCUT2D eigenvalue weighted by molar-refractivity contribution is 0.0760. The zero-order chi connectivity index (χ0) is 11.7. The van der Waals surface area contributed by atoms with E-state index in [1.54, 1.807) is 17.9 Å². The first-order chi connectivity index (χ1) is 7.59. The molecule has 2 N–H and O–H groups in total. The summed E-state index contributed by atoms with van der Waals surface area (Å²) in [7, 11) is 0. The Kier molecular flexibility index (Phi) is 2.91. The number of aromatic nitrogens is 1. The van der Waals surface area contributed by atoms with Crippen LogP contribution in [-0.4, -0.2) is 33.5 Å². The molecule has 1 saturated heterocycles. The molecule has 1 fully saturated rings. The first kappa shape index (κ1) is 11.1. The second-order valence-electron chi connectivity index (χ2n) is 3.88. The summed E-state index contributed by atoms with van der Waals surface area (Å²) in [6, 6.07) is 1.48. The molecule has 1 aromatic heterocycles. The summed E-state index contributed by atoms with van der Waals surface area (Å²) in [6.07, 6.45) is 1.75. The van der Waals surface area contributed by atoms with Crippen molar-refractivity contribution in [2.75, 3.05) is 6.54 Å². The Bertz CT molecular complexity index is 429. The predicted molar refractivity (Wildman–Crippen MR) is 62.1 cm³/mol. The number of thiocarbonyl (C=S) groups is 1. The minimum Gasteiger partial charge on any atom is -0.392 e. The molecule has 16 heavy (non-hydrogen) atoms. The zero-order valence-corrected chi connectivity index (χ0v) is 9.79. The van der Waals surface area contributed by atoms with Gasteiger partial charge in [0, 0.05) is 12.6 Å². The van der Waals surface area contributed by atoms with Gasteiger partial charge in [0.2, 0.25) is 0 Å². The van der Waals surface area contributed by atoms with Crippen LogP contribution in [0.4, 0.5) is 0 Å². The van der Waals surface area contributed by atoms with Crippen molar-refractivity contribution in [1.82, 2.24) is 10.1 Å². The fraction of sp³-hybridized carbons (Fsp3) is 0.500. The maximum atomic E-state index is 12.1. The van der Waals surface area contributed by atoms with Gasteiger partial charge in [-0.1, -0.05) is 17.4 Å². The molecule has 1 aromatic rings. The number of nitrogens with two attached hydrogens (primary N) is 1. The largest absolute Gasteiger partial charge is 0.392 e. The van der Waals surface area contributed by atoms with Gasteiger partial charge in [0.1, 0.15) is 5.76 Å². The molecule has 1 unspecified atom stereocenters. The summed E-state index contributed by atoms with van der Waals surface area (Å²) in [5.41, 5.74) is 5.92. The highest BCUT2D eigenvalue weighted by Gasteiger charge is 2.32. The van der Waals surface area contributed by atoms with Crippen molar-refractivity contribution in [3.05, 3.63) is 17.5 Å². The molecule has 1 aliphatic heterocycles. The molecule has 1 aliphatic rings. The van der Waals surface area contributed by atoms with Crippen LogP contribution >= 0.6 is 12.2 Å². The number of carbonyl (C=O) groups excluding carboxylic acids is 1. The maximum Gasteiger partial charge on any atom is 0.276 e. The highest BCUT2D eigenvalue weighted by Crippen LogP contribution is 2.20. The number of likely N-dealkylation sites (tertiary alicyclic amines) is 1. The van der Waals surface area contributed by atoms with Crippen LogP contribution in [0, 0.1) is 6.92 Å². The van der Waals surface area contributed by atoms with Gasteiger partial charge in [-0.05, 0) is 19.8 Å². The predicted octanol–water partition coefficient (Wildman–Crippen LogP) is 0.874. The van der Waals surface area contributed by atoms with E-state index in [9.17, 15) is 4.79 Å². The summed E-state index contributed by atoms with van der Waals surface area (Å²) in [5, 5.41) is 3.70. The van der Waals surface area contributed by atoms with Crippen LogP contribution in [0.15, 0.2) is 10.6 Å². The number of rotatable bonds is 2. The van der Waals surface area contributed by atoms with Gasteiger partial charge >= 0.3 is 0 Å². The minimum absolute atomic E-state index is 0.139. The van der Waals surface area contributed by atoms with Crippen molar-refractivity contribution in [2.45, 2.75) is 25.8 Å². The Morgan fingerprint density at radius 3 is 3.06 bits per heavy atom. The van der Waals surface area contributed by atoms with Crippen LogP contribution < -0.4 is 5.73 Å². The molecule has 0 aliphatic carbocycles. The van der Waals surface area contributed by atoms with E-state index in [0.717, 1.165) is 12.8 Å². The molecule has 2 rings (SSSR count). The Labute approximate surface area is 98.6 Å². The maximum absolute atomic E-state index is 12.1. The lowest BCUT2D eigenvalue weighted by atomic mass is 10.2. The summed E-state index contributed by atoms with van der Waals surface area (Å²) in [5.74, 6) is 0.460. The number of carbonyl (C=O) groups is 1. The van der Waals surface area contributed by atoms with E-state index in [1.165, 1.54) is 0 Å². The first-order valence-electron chi connectivity index (χ1n) is 5.13. The minimum atomic E-state index is -0.160. The average Bonchev–Trinajstić information content (AvgIpc) is 2.84. The fourth-order valence-electron chi connectivity index (χ4n) is 1.92. The van der Waals surface area contributed by atoms with E-state index < -0.39 is 0 Å². The topological polar surface area (TPSA) is 72.4 Å². The third-order valence-electron chi connectivity index (χ3n) is 2.69.